The fourth-order valence-electron chi connectivity index (χ4n) is 0.841. The summed E-state index contributed by atoms with van der Waals surface area (Å²) in [7, 11) is 5.30. The topological polar surface area (TPSA) is 55.5 Å². The molecule has 3 N–H and O–H groups in total. The predicted molar refractivity (Wildman–Crippen MR) is 33.8 cm³/mol. The van der Waals surface area contributed by atoms with Crippen LogP contribution in [0.25, 0.3) is 0 Å². The molecule has 0 saturated carbocycles. The summed E-state index contributed by atoms with van der Waals surface area (Å²) in [5.41, 5.74) is 5.23. The number of aliphatic hydroxyl groups excluding tert-OH is 1. The van der Waals surface area contributed by atoms with E-state index in [9.17, 15) is 0 Å². The zero-order valence-electron chi connectivity index (χ0n) is 6.01. The van der Waals surface area contributed by atoms with Crippen molar-refractivity contribution in [2.24, 2.45) is 5.73 Å². The van der Waals surface area contributed by atoms with E-state index in [2.05, 4.69) is 0 Å². The summed E-state index contributed by atoms with van der Waals surface area (Å²) in [6, 6.07) is -0.450. The minimum absolute atomic E-state index is 0. The van der Waals surface area contributed by atoms with Crippen LogP contribution in [0.2, 0.25) is 0 Å². The maximum Gasteiger partial charge on any atom is 0.0636 e. The average Bonchev–Trinajstić information content (AvgIpc) is 2.10. The third-order valence-corrected chi connectivity index (χ3v) is 1.33. The molecule has 1 aliphatic heterocycles. The molecule has 3 radical (unpaired) electrons. The Balaban J connectivity index is 0. The fraction of sp³-hybridized carbons (Fsp3) is 0.800. The van der Waals surface area contributed by atoms with Crippen molar-refractivity contribution in [2.45, 2.75) is 18.2 Å². The minimum atomic E-state index is -0.593. The molecule has 11 heavy (non-hydrogen) atoms. The number of hydrogen-bond donors (Lipinski definition) is 2. The first kappa shape index (κ1) is 15.2. The molecule has 3 atom stereocenters. The van der Waals surface area contributed by atoms with Crippen molar-refractivity contribution in [3.8, 4) is 0 Å². The van der Waals surface area contributed by atoms with Crippen LogP contribution in [-0.4, -0.2) is 37.7 Å². The van der Waals surface area contributed by atoms with Crippen molar-refractivity contribution < 1.29 is 63.6 Å². The summed E-state index contributed by atoms with van der Waals surface area (Å²) in [5.74, 6) is 0. The Kier molecular flexibility index (Phi) is 9.92. The van der Waals surface area contributed by atoms with Gasteiger partial charge in [-0.05, 0) is 6.10 Å². The molecule has 3 nitrogen and oxygen atoms in total. The van der Waals surface area contributed by atoms with Crippen LogP contribution in [0.3, 0.4) is 0 Å². The van der Waals surface area contributed by atoms with Gasteiger partial charge in [-0.25, -0.2) is 0 Å². The summed E-state index contributed by atoms with van der Waals surface area (Å²) < 4.78 is 4.97. The number of aliphatic hydroxyl groups is 1. The smallest absolute Gasteiger partial charge is 0.0636 e. The van der Waals surface area contributed by atoms with Crippen LogP contribution in [0.1, 0.15) is 0 Å². The number of nitrogens with two attached hydrogens (primary N) is 1. The second-order valence-electron chi connectivity index (χ2n) is 2.06. The van der Waals surface area contributed by atoms with Gasteiger partial charge in [-0.15, -0.1) is 0 Å². The molecule has 0 unspecified atom stereocenters. The molecule has 0 bridgehead atoms. The van der Waals surface area contributed by atoms with Gasteiger partial charge >= 0.3 is 0 Å². The van der Waals surface area contributed by atoms with Crippen LogP contribution in [-0.2, 0) is 58.5 Å². The van der Waals surface area contributed by atoms with Crippen molar-refractivity contribution in [1.82, 2.24) is 0 Å². The molecule has 1 heterocycles. The first-order valence-electron chi connectivity index (χ1n) is 2.88. The Hall–Kier alpha value is 1.74. The zero-order chi connectivity index (χ0) is 6.85. The molecule has 1 saturated heterocycles. The number of rotatable bonds is 1. The molecule has 1 rings (SSSR count). The molecule has 0 spiro atoms. The van der Waals surface area contributed by atoms with Gasteiger partial charge < -0.3 is 15.6 Å². The van der Waals surface area contributed by atoms with Gasteiger partial charge in [0.2, 0.25) is 0 Å². The zero-order valence-corrected chi connectivity index (χ0v) is 11.8. The summed E-state index contributed by atoms with van der Waals surface area (Å²) in [5, 5.41) is 9.02. The van der Waals surface area contributed by atoms with Gasteiger partial charge in [0.1, 0.15) is 0 Å². The maximum absolute atomic E-state index is 9.02. The van der Waals surface area contributed by atoms with Crippen molar-refractivity contribution in [3.63, 3.8) is 0 Å². The fourth-order valence-corrected chi connectivity index (χ4v) is 0.841. The second-order valence-corrected chi connectivity index (χ2v) is 2.06. The van der Waals surface area contributed by atoms with Crippen LogP contribution in [0, 0.1) is 6.42 Å². The average molecular weight is 399 g/mol. The van der Waals surface area contributed by atoms with Crippen LogP contribution in [0.15, 0.2) is 0 Å². The van der Waals surface area contributed by atoms with E-state index in [4.69, 9.17) is 23.4 Å². The SMILES string of the molecule is [B][C@H]1[CH-][C@@H](O)[C@@H](CN)O1.[W].[Y]. The Morgan fingerprint density at radius 1 is 1.64 bits per heavy atom. The maximum atomic E-state index is 9.02. The summed E-state index contributed by atoms with van der Waals surface area (Å²) >= 11 is 0. The third-order valence-electron chi connectivity index (χ3n) is 1.33. The van der Waals surface area contributed by atoms with E-state index < -0.39 is 12.1 Å². The molecule has 0 aromatic heterocycles. The molecule has 59 valence electrons. The van der Waals surface area contributed by atoms with Crippen LogP contribution in [0.4, 0.5) is 0 Å². The standard InChI is InChI=1S/C5H9BNO2.W.Y/c6-5-1-3(8)4(2-7)9-5;;/h1,3-5,8H,2,7H2;;/q-1;;/t3-,4-,5-;;/m1../s1. The Morgan fingerprint density at radius 3 is 2.36 bits per heavy atom. The predicted octanol–water partition coefficient (Wildman–Crippen LogP) is -1.60. The largest absolute Gasteiger partial charge is 0.422 e. The van der Waals surface area contributed by atoms with E-state index in [1.54, 1.807) is 0 Å². The minimum Gasteiger partial charge on any atom is -0.422 e. The van der Waals surface area contributed by atoms with Crippen molar-refractivity contribution in [2.75, 3.05) is 6.54 Å². The van der Waals surface area contributed by atoms with Crippen LogP contribution >= 0.6 is 0 Å². The van der Waals surface area contributed by atoms with E-state index in [1.165, 1.54) is 6.42 Å². The summed E-state index contributed by atoms with van der Waals surface area (Å²) in [4.78, 5) is 0. The molecule has 0 aromatic rings. The number of hydrogen-bond acceptors (Lipinski definition) is 3. The van der Waals surface area contributed by atoms with Gasteiger partial charge in [-0.2, -0.15) is 0 Å². The summed E-state index contributed by atoms with van der Waals surface area (Å²) in [6.45, 7) is 0.311. The monoisotopic (exact) mass is 399 g/mol. The second kappa shape index (κ2) is 7.17. The van der Waals surface area contributed by atoms with Crippen molar-refractivity contribution in [1.29, 1.82) is 0 Å². The summed E-state index contributed by atoms with van der Waals surface area (Å²) in [6.07, 6.45) is 0.627. The normalized spacial score (nSPS) is 35.6. The molecule has 0 aromatic carbocycles. The number of ether oxygens (including phenoxy) is 1. The molecular formula is C5H9BNO2WY-. The Bertz CT molecular complexity index is 110. The van der Waals surface area contributed by atoms with Gasteiger partial charge in [-0.1, -0.05) is 6.00 Å². The third kappa shape index (κ3) is 4.49. The van der Waals surface area contributed by atoms with Gasteiger partial charge in [0.25, 0.3) is 0 Å². The first-order chi connectivity index (χ1) is 4.24. The molecule has 1 aliphatic rings. The van der Waals surface area contributed by atoms with Crippen molar-refractivity contribution in [3.05, 3.63) is 6.42 Å². The molecule has 0 amide bonds. The Morgan fingerprint density at radius 2 is 2.18 bits per heavy atom. The van der Waals surface area contributed by atoms with Crippen LogP contribution in [0.5, 0.6) is 0 Å². The quantitative estimate of drug-likeness (QED) is 0.413. The van der Waals surface area contributed by atoms with E-state index in [-0.39, 0.29) is 59.9 Å². The van der Waals surface area contributed by atoms with E-state index in [0.29, 0.717) is 6.54 Å². The Labute approximate surface area is 107 Å². The van der Waals surface area contributed by atoms with E-state index >= 15 is 0 Å². The van der Waals surface area contributed by atoms with Gasteiger partial charge in [0, 0.05) is 60.3 Å². The van der Waals surface area contributed by atoms with Gasteiger partial charge in [0.15, 0.2) is 0 Å². The molecule has 0 aliphatic carbocycles. The molecule has 1 fully saturated rings. The van der Waals surface area contributed by atoms with E-state index in [1.807, 2.05) is 0 Å². The molecular weight excluding hydrogens is 390 g/mol. The first-order valence-corrected chi connectivity index (χ1v) is 2.88. The molecule has 6 heteroatoms. The van der Waals surface area contributed by atoms with E-state index in [0.717, 1.165) is 0 Å². The van der Waals surface area contributed by atoms with Gasteiger partial charge in [-0.3, -0.25) is 6.42 Å². The van der Waals surface area contributed by atoms with Crippen molar-refractivity contribution >= 4 is 7.85 Å². The van der Waals surface area contributed by atoms with Crippen LogP contribution < -0.4 is 5.73 Å². The van der Waals surface area contributed by atoms with Gasteiger partial charge in [0.05, 0.1) is 14.0 Å².